The Balaban J connectivity index is 1.93. The van der Waals surface area contributed by atoms with E-state index in [1.807, 2.05) is 32.0 Å². The van der Waals surface area contributed by atoms with Crippen LogP contribution in [0.4, 0.5) is 13.2 Å². The van der Waals surface area contributed by atoms with Gasteiger partial charge in [0.25, 0.3) is 5.91 Å². The number of hydrogen-bond acceptors (Lipinski definition) is 5. The highest BCUT2D eigenvalue weighted by molar-refractivity contribution is 6.33. The summed E-state index contributed by atoms with van der Waals surface area (Å²) in [7, 11) is 0.813. The molecular weight excluding hydrogens is 485 g/mol. The van der Waals surface area contributed by atoms with Gasteiger partial charge in [0.15, 0.2) is 5.82 Å². The summed E-state index contributed by atoms with van der Waals surface area (Å²) < 4.78 is 44.2. The molecule has 7 nitrogen and oxygen atoms in total. The summed E-state index contributed by atoms with van der Waals surface area (Å²) >= 11 is 6.33. The van der Waals surface area contributed by atoms with Crippen LogP contribution in [0.25, 0.3) is 22.8 Å². The van der Waals surface area contributed by atoms with E-state index in [9.17, 15) is 22.8 Å². The minimum Gasteiger partial charge on any atom is -0.361 e. The third kappa shape index (κ3) is 5.71. The molecule has 186 valence electrons. The second-order valence-electron chi connectivity index (χ2n) is 8.34. The average molecular weight is 509 g/mol. The molecule has 11 heteroatoms. The number of amides is 1. The van der Waals surface area contributed by atoms with Gasteiger partial charge in [-0.15, -0.1) is 0 Å². The first-order valence-electron chi connectivity index (χ1n) is 10.6. The highest BCUT2D eigenvalue weighted by Crippen LogP contribution is 2.33. The number of nitrogens with one attached hydrogen (secondary N) is 2. The van der Waals surface area contributed by atoms with E-state index in [4.69, 9.17) is 11.6 Å². The molecule has 0 fully saturated rings. The fourth-order valence-corrected chi connectivity index (χ4v) is 3.44. The Bertz CT molecular complexity index is 1290. The van der Waals surface area contributed by atoms with Crippen molar-refractivity contribution >= 4 is 17.5 Å². The van der Waals surface area contributed by atoms with E-state index in [2.05, 4.69) is 25.0 Å². The maximum absolute atomic E-state index is 13.3. The van der Waals surface area contributed by atoms with E-state index in [0.29, 0.717) is 23.6 Å². The standard InChI is InChI=1S/C24H24ClF3N4O3/c1-13(2)15-6-5-7-16(11-15)19-30-20(32-22(34)31-19)17-10-14(8-9-18(17)25)12-29-21(33)23(3,35-4)24(26,27)28/h5-11,13H,12H2,1-4H3,(H,29,33)(H,30,31,32,34)/t23-/m0/s1. The van der Waals surface area contributed by atoms with Gasteiger partial charge in [-0.1, -0.05) is 49.7 Å². The van der Waals surface area contributed by atoms with Gasteiger partial charge < -0.3 is 10.1 Å². The number of rotatable bonds is 7. The number of methoxy groups -OCH3 is 1. The summed E-state index contributed by atoms with van der Waals surface area (Å²) in [5.74, 6) is -0.756. The molecule has 2 N–H and O–H groups in total. The predicted molar refractivity (Wildman–Crippen MR) is 126 cm³/mol. The number of aromatic amines is 1. The van der Waals surface area contributed by atoms with E-state index < -0.39 is 23.4 Å². The largest absolute Gasteiger partial charge is 0.426 e. The molecule has 0 aliphatic carbocycles. The quantitative estimate of drug-likeness (QED) is 0.475. The van der Waals surface area contributed by atoms with Gasteiger partial charge in [0.2, 0.25) is 5.60 Å². The molecule has 3 rings (SSSR count). The number of ether oxygens (including phenoxy) is 1. The van der Waals surface area contributed by atoms with Crippen LogP contribution in [-0.4, -0.2) is 39.7 Å². The van der Waals surface area contributed by atoms with Gasteiger partial charge in [0, 0.05) is 24.8 Å². The lowest BCUT2D eigenvalue weighted by Crippen LogP contribution is -2.55. The number of aromatic nitrogens is 3. The second-order valence-corrected chi connectivity index (χ2v) is 8.75. The van der Waals surface area contributed by atoms with Gasteiger partial charge in [-0.25, -0.2) is 9.78 Å². The molecule has 1 aromatic heterocycles. The number of alkyl halides is 3. The number of nitrogens with zero attached hydrogens (tertiary/aromatic N) is 2. The molecular formula is C24H24ClF3N4O3. The number of benzene rings is 2. The zero-order valence-electron chi connectivity index (χ0n) is 19.5. The Labute approximate surface area is 204 Å². The van der Waals surface area contributed by atoms with E-state index in [1.165, 1.54) is 18.2 Å². The maximum Gasteiger partial charge on any atom is 0.426 e. The summed E-state index contributed by atoms with van der Waals surface area (Å²) in [6, 6.07) is 12.0. The molecule has 0 unspecified atom stereocenters. The first-order valence-corrected chi connectivity index (χ1v) is 11.0. The van der Waals surface area contributed by atoms with Crippen molar-refractivity contribution in [1.82, 2.24) is 20.3 Å². The van der Waals surface area contributed by atoms with Crippen molar-refractivity contribution in [3.63, 3.8) is 0 Å². The molecule has 1 amide bonds. The number of H-pyrrole nitrogens is 1. The zero-order valence-corrected chi connectivity index (χ0v) is 20.2. The molecule has 0 spiro atoms. The van der Waals surface area contributed by atoms with Crippen LogP contribution in [0.15, 0.2) is 47.3 Å². The van der Waals surface area contributed by atoms with Crippen molar-refractivity contribution < 1.29 is 22.7 Å². The molecule has 0 bridgehead atoms. The maximum atomic E-state index is 13.3. The molecule has 0 saturated carbocycles. The van der Waals surface area contributed by atoms with Gasteiger partial charge in [-0.2, -0.15) is 18.2 Å². The normalized spacial score (nSPS) is 13.5. The first-order chi connectivity index (χ1) is 16.4. The number of halogens is 4. The van der Waals surface area contributed by atoms with Crippen LogP contribution in [0.2, 0.25) is 5.02 Å². The van der Waals surface area contributed by atoms with E-state index in [1.54, 1.807) is 6.07 Å². The summed E-state index contributed by atoms with van der Waals surface area (Å²) in [6.07, 6.45) is -4.90. The van der Waals surface area contributed by atoms with Crippen LogP contribution < -0.4 is 11.0 Å². The monoisotopic (exact) mass is 508 g/mol. The van der Waals surface area contributed by atoms with Gasteiger partial charge in [-0.3, -0.25) is 9.78 Å². The third-order valence-electron chi connectivity index (χ3n) is 5.58. The van der Waals surface area contributed by atoms with Gasteiger partial charge in [-0.05, 0) is 42.2 Å². The van der Waals surface area contributed by atoms with Crippen molar-refractivity contribution in [2.75, 3.05) is 7.11 Å². The minimum atomic E-state index is -4.90. The van der Waals surface area contributed by atoms with Crippen LogP contribution in [0, 0.1) is 0 Å². The lowest BCUT2D eigenvalue weighted by Gasteiger charge is -2.29. The van der Waals surface area contributed by atoms with Crippen molar-refractivity contribution in [3.05, 3.63) is 69.1 Å². The number of hydrogen-bond donors (Lipinski definition) is 2. The van der Waals surface area contributed by atoms with Crippen LogP contribution >= 0.6 is 11.6 Å². The Kier molecular flexibility index (Phi) is 7.66. The van der Waals surface area contributed by atoms with Crippen LogP contribution in [0.1, 0.15) is 37.8 Å². The van der Waals surface area contributed by atoms with E-state index >= 15 is 0 Å². The molecule has 0 radical (unpaired) electrons. The molecule has 3 aromatic rings. The smallest absolute Gasteiger partial charge is 0.361 e. The highest BCUT2D eigenvalue weighted by Gasteiger charge is 2.57. The van der Waals surface area contributed by atoms with Crippen molar-refractivity contribution in [2.24, 2.45) is 0 Å². The summed E-state index contributed by atoms with van der Waals surface area (Å²) in [5, 5.41) is 2.47. The summed E-state index contributed by atoms with van der Waals surface area (Å²) in [4.78, 5) is 35.5. The van der Waals surface area contributed by atoms with E-state index in [-0.39, 0.29) is 29.1 Å². The fraction of sp³-hybridized carbons (Fsp3) is 0.333. The van der Waals surface area contributed by atoms with Gasteiger partial charge in [0.1, 0.15) is 5.82 Å². The number of carbonyl (C=O) groups excluding carboxylic acids is 1. The molecule has 35 heavy (non-hydrogen) atoms. The first kappa shape index (κ1) is 26.4. The molecule has 0 saturated heterocycles. The van der Waals surface area contributed by atoms with Crippen LogP contribution in [0.3, 0.4) is 0 Å². The zero-order chi connectivity index (χ0) is 26.0. The van der Waals surface area contributed by atoms with Crippen molar-refractivity contribution in [1.29, 1.82) is 0 Å². The lowest BCUT2D eigenvalue weighted by molar-refractivity contribution is -0.253. The summed E-state index contributed by atoms with van der Waals surface area (Å²) in [5.41, 5.74) is -1.19. The Hall–Kier alpha value is -3.24. The Morgan fingerprint density at radius 1 is 1.17 bits per heavy atom. The lowest BCUT2D eigenvalue weighted by atomic mass is 10.0. The molecule has 1 atom stereocenters. The Morgan fingerprint density at radius 3 is 2.51 bits per heavy atom. The Morgan fingerprint density at radius 2 is 1.89 bits per heavy atom. The van der Waals surface area contributed by atoms with E-state index in [0.717, 1.165) is 12.7 Å². The number of carbonyl (C=O) groups is 1. The van der Waals surface area contributed by atoms with Crippen LogP contribution in [-0.2, 0) is 16.1 Å². The molecule has 1 heterocycles. The SMILES string of the molecule is CO[C@@](C)(C(=O)NCc1ccc(Cl)c(-c2nc(-c3cccc(C(C)C)c3)nc(=O)[nH]2)c1)C(F)(F)F. The van der Waals surface area contributed by atoms with Gasteiger partial charge in [0.05, 0.1) is 5.02 Å². The topological polar surface area (TPSA) is 97.0 Å². The highest BCUT2D eigenvalue weighted by atomic mass is 35.5. The third-order valence-corrected chi connectivity index (χ3v) is 5.91. The minimum absolute atomic E-state index is 0.130. The van der Waals surface area contributed by atoms with Crippen molar-refractivity contribution in [2.45, 2.75) is 45.0 Å². The second kappa shape index (κ2) is 10.2. The molecule has 0 aliphatic rings. The fourth-order valence-electron chi connectivity index (χ4n) is 3.23. The molecule has 0 aliphatic heterocycles. The molecule has 2 aromatic carbocycles. The van der Waals surface area contributed by atoms with Gasteiger partial charge >= 0.3 is 11.9 Å². The van der Waals surface area contributed by atoms with Crippen LogP contribution in [0.5, 0.6) is 0 Å². The summed E-state index contributed by atoms with van der Waals surface area (Å²) in [6.45, 7) is 4.49. The average Bonchev–Trinajstić information content (AvgIpc) is 2.81. The van der Waals surface area contributed by atoms with Crippen molar-refractivity contribution in [3.8, 4) is 22.8 Å². The predicted octanol–water partition coefficient (Wildman–Crippen LogP) is 4.86.